The maximum atomic E-state index is 12.2. The Hall–Kier alpha value is -2.51. The molecule has 0 bridgehead atoms. The summed E-state index contributed by atoms with van der Waals surface area (Å²) < 4.78 is 12.8. The number of aryl methyl sites for hydroxylation is 1. The summed E-state index contributed by atoms with van der Waals surface area (Å²) in [7, 11) is -2.25. The number of anilines is 1. The summed E-state index contributed by atoms with van der Waals surface area (Å²) in [4.78, 5) is 31.2. The summed E-state index contributed by atoms with van der Waals surface area (Å²) in [6, 6.07) is 10.3. The van der Waals surface area contributed by atoms with Crippen molar-refractivity contribution in [3.8, 4) is 10.6 Å². The van der Waals surface area contributed by atoms with E-state index in [2.05, 4.69) is 10.4 Å². The largest absolute Gasteiger partial charge is 0.329 e. The summed E-state index contributed by atoms with van der Waals surface area (Å²) in [5, 5.41) is 8.95. The van der Waals surface area contributed by atoms with Crippen LogP contribution in [-0.4, -0.2) is 25.5 Å². The zero-order valence-corrected chi connectivity index (χ0v) is 16.2. The summed E-state index contributed by atoms with van der Waals surface area (Å²) in [5.41, 5.74) is 2.83. The lowest BCUT2D eigenvalue weighted by Crippen LogP contribution is -2.07. The number of benzene rings is 1. The molecule has 0 fully saturated rings. The molecule has 0 saturated carbocycles. The highest BCUT2D eigenvalue weighted by molar-refractivity contribution is 7.50. The monoisotopic (exact) mass is 403 g/mol. The minimum Gasteiger partial charge on any atom is -0.324 e. The number of nitrogens with one attached hydrogen (secondary N) is 1. The molecule has 3 N–H and O–H groups in total. The van der Waals surface area contributed by atoms with Gasteiger partial charge in [-0.05, 0) is 35.2 Å². The molecule has 0 aliphatic heterocycles. The molecular formula is C18H18N3O4PS. The van der Waals surface area contributed by atoms with Crippen molar-refractivity contribution in [2.24, 2.45) is 7.05 Å². The van der Waals surface area contributed by atoms with Crippen molar-refractivity contribution >= 4 is 36.6 Å². The van der Waals surface area contributed by atoms with Gasteiger partial charge in [-0.15, -0.1) is 11.3 Å². The molecule has 27 heavy (non-hydrogen) atoms. The van der Waals surface area contributed by atoms with Crippen LogP contribution < -0.4 is 5.32 Å². The molecule has 9 heteroatoms. The van der Waals surface area contributed by atoms with E-state index in [1.807, 2.05) is 24.6 Å². The molecule has 1 aromatic carbocycles. The average molecular weight is 403 g/mol. The van der Waals surface area contributed by atoms with Crippen LogP contribution in [0.15, 0.2) is 54.1 Å². The third-order valence-electron chi connectivity index (χ3n) is 3.75. The number of amides is 1. The van der Waals surface area contributed by atoms with E-state index in [1.54, 1.807) is 52.6 Å². The minimum absolute atomic E-state index is 0.307. The lowest BCUT2D eigenvalue weighted by atomic mass is 10.2. The Morgan fingerprint density at radius 3 is 2.67 bits per heavy atom. The smallest absolute Gasteiger partial charge is 0.324 e. The predicted molar refractivity (Wildman–Crippen MR) is 106 cm³/mol. The number of carbonyl (C=O) groups is 1. The molecule has 140 valence electrons. The summed E-state index contributed by atoms with van der Waals surface area (Å²) >= 11 is 1.60. The van der Waals surface area contributed by atoms with E-state index < -0.39 is 7.60 Å². The predicted octanol–water partition coefficient (Wildman–Crippen LogP) is 3.48. The first kappa shape index (κ1) is 19.3. The maximum absolute atomic E-state index is 12.2. The van der Waals surface area contributed by atoms with Crippen LogP contribution in [0, 0.1) is 0 Å². The molecule has 1 amide bonds. The zero-order chi connectivity index (χ0) is 19.4. The highest BCUT2D eigenvalue weighted by atomic mass is 32.1. The molecule has 0 atom stereocenters. The van der Waals surface area contributed by atoms with Gasteiger partial charge in [0.1, 0.15) is 0 Å². The fraction of sp³-hybridized carbons (Fsp3) is 0.111. The van der Waals surface area contributed by atoms with Gasteiger partial charge in [0.05, 0.1) is 22.9 Å². The first-order valence-electron chi connectivity index (χ1n) is 8.00. The lowest BCUT2D eigenvalue weighted by molar-refractivity contribution is -0.111. The van der Waals surface area contributed by atoms with Crippen LogP contribution in [0.4, 0.5) is 5.69 Å². The molecule has 0 radical (unpaired) electrons. The number of nitrogens with zero attached hydrogens (tertiary/aromatic N) is 2. The van der Waals surface area contributed by atoms with Gasteiger partial charge in [0, 0.05) is 24.4 Å². The van der Waals surface area contributed by atoms with E-state index in [1.165, 1.54) is 6.08 Å². The van der Waals surface area contributed by atoms with Crippen molar-refractivity contribution < 1.29 is 19.1 Å². The van der Waals surface area contributed by atoms with Crippen LogP contribution in [0.5, 0.6) is 0 Å². The Morgan fingerprint density at radius 1 is 1.30 bits per heavy atom. The van der Waals surface area contributed by atoms with Gasteiger partial charge in [-0.2, -0.15) is 5.10 Å². The highest BCUT2D eigenvalue weighted by Crippen LogP contribution is 2.39. The molecule has 7 nitrogen and oxygen atoms in total. The molecular weight excluding hydrogens is 385 g/mol. The van der Waals surface area contributed by atoms with Crippen LogP contribution in [0.3, 0.4) is 0 Å². The normalized spacial score (nSPS) is 11.8. The Labute approximate surface area is 160 Å². The molecule has 3 aromatic rings. The van der Waals surface area contributed by atoms with Crippen molar-refractivity contribution in [3.05, 3.63) is 65.2 Å². The van der Waals surface area contributed by atoms with Gasteiger partial charge >= 0.3 is 7.60 Å². The molecule has 0 spiro atoms. The zero-order valence-electron chi connectivity index (χ0n) is 14.4. The molecule has 0 aliphatic rings. The summed E-state index contributed by atoms with van der Waals surface area (Å²) in [5.74, 6) is -0.307. The van der Waals surface area contributed by atoms with Gasteiger partial charge in [-0.25, -0.2) is 0 Å². The van der Waals surface area contributed by atoms with Crippen LogP contribution in [0.2, 0.25) is 0 Å². The Morgan fingerprint density at radius 2 is 2.04 bits per heavy atom. The van der Waals surface area contributed by atoms with Crippen LogP contribution in [-0.2, 0) is 22.6 Å². The number of hydrogen-bond acceptors (Lipinski definition) is 4. The Kier molecular flexibility index (Phi) is 5.72. The van der Waals surface area contributed by atoms with Crippen molar-refractivity contribution in [3.63, 3.8) is 0 Å². The number of aromatic nitrogens is 2. The average Bonchev–Trinajstić information content (AvgIpc) is 3.23. The molecule has 0 aliphatic carbocycles. The number of carbonyl (C=O) groups excluding carboxylic acids is 1. The first-order chi connectivity index (χ1) is 12.8. The molecule has 2 aromatic heterocycles. The highest BCUT2D eigenvalue weighted by Gasteiger charge is 2.14. The van der Waals surface area contributed by atoms with Gasteiger partial charge in [0.25, 0.3) is 0 Å². The fourth-order valence-corrected chi connectivity index (χ4v) is 4.08. The quantitative estimate of drug-likeness (QED) is 0.432. The van der Waals surface area contributed by atoms with Gasteiger partial charge in [0.15, 0.2) is 0 Å². The molecule has 0 unspecified atom stereocenters. The van der Waals surface area contributed by atoms with Crippen LogP contribution in [0.1, 0.15) is 11.1 Å². The van der Waals surface area contributed by atoms with Gasteiger partial charge in [-0.3, -0.25) is 14.0 Å². The first-order valence-corrected chi connectivity index (χ1v) is 10.7. The van der Waals surface area contributed by atoms with E-state index in [9.17, 15) is 9.36 Å². The standard InChI is InChI=1S/C18H18N3O4PS/c1-21-18(16-3-2-10-27-16)14(11-19-21)6-9-17(22)20-15-7-4-13(5-8-15)12-26(23,24)25/h2-11H,12H2,1H3,(H,20,22)(H2,23,24,25). The van der Waals surface area contributed by atoms with Crippen molar-refractivity contribution in [1.82, 2.24) is 9.78 Å². The van der Waals surface area contributed by atoms with E-state index in [0.717, 1.165) is 16.1 Å². The van der Waals surface area contributed by atoms with E-state index >= 15 is 0 Å². The van der Waals surface area contributed by atoms with Crippen LogP contribution >= 0.6 is 18.9 Å². The third-order valence-corrected chi connectivity index (χ3v) is 5.40. The number of hydrogen-bond donors (Lipinski definition) is 3. The van der Waals surface area contributed by atoms with Crippen molar-refractivity contribution in [1.29, 1.82) is 0 Å². The summed E-state index contributed by atoms with van der Waals surface area (Å²) in [6.07, 6.45) is 4.51. The SMILES string of the molecule is Cn1ncc(C=CC(=O)Nc2ccc(CP(=O)(O)O)cc2)c1-c1cccs1. The lowest BCUT2D eigenvalue weighted by Gasteiger charge is -2.06. The van der Waals surface area contributed by atoms with Crippen LogP contribution in [0.25, 0.3) is 16.6 Å². The van der Waals surface area contributed by atoms with E-state index in [4.69, 9.17) is 9.79 Å². The Bertz CT molecular complexity index is 1000. The Balaban J connectivity index is 1.67. The van der Waals surface area contributed by atoms with Gasteiger partial charge in [0.2, 0.25) is 5.91 Å². The molecule has 3 rings (SSSR count). The number of thiophene rings is 1. The second-order valence-electron chi connectivity index (χ2n) is 5.89. The minimum atomic E-state index is -4.10. The van der Waals surface area contributed by atoms with E-state index in [-0.39, 0.29) is 12.1 Å². The fourth-order valence-electron chi connectivity index (χ4n) is 2.57. The third kappa shape index (κ3) is 5.24. The molecule has 0 saturated heterocycles. The van der Waals surface area contributed by atoms with E-state index in [0.29, 0.717) is 11.3 Å². The van der Waals surface area contributed by atoms with Gasteiger partial charge in [-0.1, -0.05) is 18.2 Å². The summed E-state index contributed by atoms with van der Waals surface area (Å²) in [6.45, 7) is 0. The number of rotatable bonds is 6. The van der Waals surface area contributed by atoms with Crippen molar-refractivity contribution in [2.75, 3.05) is 5.32 Å². The maximum Gasteiger partial charge on any atom is 0.329 e. The topological polar surface area (TPSA) is 104 Å². The molecule has 2 heterocycles. The van der Waals surface area contributed by atoms with Gasteiger partial charge < -0.3 is 15.1 Å². The second kappa shape index (κ2) is 8.02. The van der Waals surface area contributed by atoms with Crippen molar-refractivity contribution in [2.45, 2.75) is 6.16 Å². The second-order valence-corrected chi connectivity index (χ2v) is 8.49.